The lowest BCUT2D eigenvalue weighted by atomic mass is 10.2. The Morgan fingerprint density at radius 3 is 2.88 bits per heavy atom. The van der Waals surface area contributed by atoms with E-state index in [4.69, 9.17) is 14.3 Å². The van der Waals surface area contributed by atoms with E-state index in [2.05, 4.69) is 4.98 Å². The molecule has 0 fully saturated rings. The average Bonchev–Trinajstić information content (AvgIpc) is 2.85. The van der Waals surface area contributed by atoms with Crippen molar-refractivity contribution in [2.45, 2.75) is 0 Å². The number of nitrogens with one attached hydrogen (secondary N) is 1. The highest BCUT2D eigenvalue weighted by Crippen LogP contribution is 2.31. The molecular formula is C12H9NO4. The molecule has 0 atom stereocenters. The number of carboxylic acid groups (broad SMARTS) is 1. The molecule has 0 bridgehead atoms. The van der Waals surface area contributed by atoms with Crippen molar-refractivity contribution < 1.29 is 19.1 Å². The van der Waals surface area contributed by atoms with Gasteiger partial charge in [-0.2, -0.15) is 0 Å². The predicted octanol–water partition coefficient (Wildman–Crippen LogP) is 2.62. The van der Waals surface area contributed by atoms with Crippen molar-refractivity contribution in [3.05, 3.63) is 30.0 Å². The fourth-order valence-electron chi connectivity index (χ4n) is 1.88. The fraction of sp³-hybridized carbons (Fsp3) is 0.0833. The molecule has 5 nitrogen and oxygen atoms in total. The minimum absolute atomic E-state index is 0.114. The van der Waals surface area contributed by atoms with Gasteiger partial charge in [0.15, 0.2) is 0 Å². The number of benzene rings is 1. The number of hydrogen-bond acceptors (Lipinski definition) is 3. The van der Waals surface area contributed by atoms with E-state index in [1.807, 2.05) is 6.07 Å². The Morgan fingerprint density at radius 2 is 2.18 bits per heavy atom. The molecule has 5 heteroatoms. The summed E-state index contributed by atoms with van der Waals surface area (Å²) in [5.41, 5.74) is 1.28. The summed E-state index contributed by atoms with van der Waals surface area (Å²) >= 11 is 0. The normalized spacial score (nSPS) is 11.1. The Morgan fingerprint density at radius 1 is 1.35 bits per heavy atom. The second kappa shape index (κ2) is 3.28. The van der Waals surface area contributed by atoms with Gasteiger partial charge in [0.2, 0.25) is 5.71 Å². The van der Waals surface area contributed by atoms with Crippen LogP contribution in [0.4, 0.5) is 0 Å². The first-order valence-electron chi connectivity index (χ1n) is 5.01. The lowest BCUT2D eigenvalue weighted by molar-refractivity contribution is 0.0691. The smallest absolute Gasteiger partial charge is 0.352 e. The number of ether oxygens (including phenoxy) is 1. The van der Waals surface area contributed by atoms with Gasteiger partial charge < -0.3 is 19.2 Å². The van der Waals surface area contributed by atoms with Gasteiger partial charge in [-0.25, -0.2) is 4.79 Å². The number of fused-ring (bicyclic) bond motifs is 3. The molecule has 2 aromatic heterocycles. The van der Waals surface area contributed by atoms with Crippen LogP contribution in [0, 0.1) is 0 Å². The molecule has 0 aliphatic rings. The second-order valence-corrected chi connectivity index (χ2v) is 3.70. The summed E-state index contributed by atoms with van der Waals surface area (Å²) in [6.07, 6.45) is 0. The van der Waals surface area contributed by atoms with Gasteiger partial charge in [-0.05, 0) is 24.3 Å². The van der Waals surface area contributed by atoms with E-state index < -0.39 is 5.97 Å². The molecule has 0 amide bonds. The molecule has 3 rings (SSSR count). The molecule has 3 aromatic rings. The van der Waals surface area contributed by atoms with E-state index >= 15 is 0 Å². The maximum atomic E-state index is 10.8. The van der Waals surface area contributed by atoms with E-state index in [1.54, 1.807) is 25.3 Å². The van der Waals surface area contributed by atoms with E-state index in [0.717, 1.165) is 10.8 Å². The van der Waals surface area contributed by atoms with Crippen molar-refractivity contribution in [1.29, 1.82) is 0 Å². The van der Waals surface area contributed by atoms with E-state index in [1.165, 1.54) is 0 Å². The number of methoxy groups -OCH3 is 1. The standard InChI is InChI=1S/C12H9NO4/c1-16-6-2-3-10-7(4-6)8-5-9(12(14)15)13-11(8)17-10/h2-5,13H,1H3,(H,14,15). The largest absolute Gasteiger partial charge is 0.497 e. The zero-order chi connectivity index (χ0) is 12.0. The van der Waals surface area contributed by atoms with Crippen molar-refractivity contribution in [2.75, 3.05) is 7.11 Å². The van der Waals surface area contributed by atoms with Crippen LogP contribution in [0.5, 0.6) is 5.75 Å². The Bertz CT molecular complexity index is 723. The molecule has 0 aliphatic carbocycles. The van der Waals surface area contributed by atoms with Gasteiger partial charge in [-0.3, -0.25) is 0 Å². The maximum absolute atomic E-state index is 10.8. The number of aromatic amines is 1. The van der Waals surface area contributed by atoms with Gasteiger partial charge in [-0.15, -0.1) is 0 Å². The lowest BCUT2D eigenvalue weighted by Gasteiger charge is -1.97. The highest BCUT2D eigenvalue weighted by Gasteiger charge is 2.14. The van der Waals surface area contributed by atoms with E-state index in [0.29, 0.717) is 17.0 Å². The van der Waals surface area contributed by atoms with Gasteiger partial charge in [0, 0.05) is 10.8 Å². The molecule has 17 heavy (non-hydrogen) atoms. The summed E-state index contributed by atoms with van der Waals surface area (Å²) in [6, 6.07) is 6.97. The summed E-state index contributed by atoms with van der Waals surface area (Å²) in [4.78, 5) is 13.5. The van der Waals surface area contributed by atoms with Crippen molar-refractivity contribution >= 4 is 28.0 Å². The number of aromatic carboxylic acids is 1. The zero-order valence-electron chi connectivity index (χ0n) is 8.98. The topological polar surface area (TPSA) is 75.5 Å². The van der Waals surface area contributed by atoms with Crippen LogP contribution in [0.2, 0.25) is 0 Å². The van der Waals surface area contributed by atoms with Gasteiger partial charge in [0.1, 0.15) is 17.0 Å². The molecule has 2 heterocycles. The molecule has 2 N–H and O–H groups in total. The lowest BCUT2D eigenvalue weighted by Crippen LogP contribution is -1.94. The molecule has 0 spiro atoms. The number of aromatic nitrogens is 1. The van der Waals surface area contributed by atoms with Crippen LogP contribution in [0.1, 0.15) is 10.5 Å². The third-order valence-corrected chi connectivity index (χ3v) is 2.70. The van der Waals surface area contributed by atoms with E-state index in [-0.39, 0.29) is 5.69 Å². The number of H-pyrrole nitrogens is 1. The summed E-state index contributed by atoms with van der Waals surface area (Å²) < 4.78 is 10.6. The molecule has 86 valence electrons. The summed E-state index contributed by atoms with van der Waals surface area (Å²) in [7, 11) is 1.58. The fourth-order valence-corrected chi connectivity index (χ4v) is 1.88. The third-order valence-electron chi connectivity index (χ3n) is 2.70. The Hall–Kier alpha value is -2.43. The Labute approximate surface area is 95.6 Å². The third kappa shape index (κ3) is 1.36. The molecule has 0 radical (unpaired) electrons. The summed E-state index contributed by atoms with van der Waals surface area (Å²) in [5, 5.41) is 10.5. The zero-order valence-corrected chi connectivity index (χ0v) is 8.98. The first kappa shape index (κ1) is 9.77. The van der Waals surface area contributed by atoms with Crippen LogP contribution in [0.15, 0.2) is 28.7 Å². The van der Waals surface area contributed by atoms with Gasteiger partial charge in [0.25, 0.3) is 0 Å². The van der Waals surface area contributed by atoms with Gasteiger partial charge in [0.05, 0.1) is 7.11 Å². The highest BCUT2D eigenvalue weighted by atomic mass is 16.5. The van der Waals surface area contributed by atoms with Crippen molar-refractivity contribution in [1.82, 2.24) is 4.98 Å². The molecule has 0 saturated carbocycles. The average molecular weight is 231 g/mol. The van der Waals surface area contributed by atoms with Crippen LogP contribution in [0.3, 0.4) is 0 Å². The summed E-state index contributed by atoms with van der Waals surface area (Å²) in [6.45, 7) is 0. The molecule has 0 saturated heterocycles. The van der Waals surface area contributed by atoms with Crippen molar-refractivity contribution in [3.8, 4) is 5.75 Å². The van der Waals surface area contributed by atoms with Crippen LogP contribution >= 0.6 is 0 Å². The number of furan rings is 1. The van der Waals surface area contributed by atoms with Crippen LogP contribution < -0.4 is 4.74 Å². The second-order valence-electron chi connectivity index (χ2n) is 3.70. The number of rotatable bonds is 2. The van der Waals surface area contributed by atoms with Gasteiger partial charge >= 0.3 is 5.97 Å². The quantitative estimate of drug-likeness (QED) is 0.710. The maximum Gasteiger partial charge on any atom is 0.352 e. The first-order valence-corrected chi connectivity index (χ1v) is 5.01. The van der Waals surface area contributed by atoms with Crippen molar-refractivity contribution in [3.63, 3.8) is 0 Å². The highest BCUT2D eigenvalue weighted by molar-refractivity contribution is 6.07. The number of carbonyl (C=O) groups is 1. The predicted molar refractivity (Wildman–Crippen MR) is 61.6 cm³/mol. The molecule has 1 aromatic carbocycles. The van der Waals surface area contributed by atoms with Crippen molar-refractivity contribution in [2.24, 2.45) is 0 Å². The van der Waals surface area contributed by atoms with Crippen LogP contribution in [0.25, 0.3) is 22.1 Å². The Balaban J connectivity index is 2.33. The summed E-state index contributed by atoms with van der Waals surface area (Å²) in [5.74, 6) is -0.300. The molecule has 0 aliphatic heterocycles. The minimum Gasteiger partial charge on any atom is -0.497 e. The monoisotopic (exact) mass is 231 g/mol. The number of carboxylic acids is 1. The Kier molecular flexibility index (Phi) is 1.89. The minimum atomic E-state index is -1.01. The first-order chi connectivity index (χ1) is 8.19. The molecular weight excluding hydrogens is 222 g/mol. The van der Waals surface area contributed by atoms with Crippen LogP contribution in [-0.2, 0) is 0 Å². The number of hydrogen-bond donors (Lipinski definition) is 2. The molecule has 0 unspecified atom stereocenters. The van der Waals surface area contributed by atoms with Gasteiger partial charge in [-0.1, -0.05) is 0 Å². The SMILES string of the molecule is COc1ccc2oc3[nH]c(C(=O)O)cc3c2c1. The van der Waals surface area contributed by atoms with E-state index in [9.17, 15) is 4.79 Å². The van der Waals surface area contributed by atoms with Crippen LogP contribution in [-0.4, -0.2) is 23.2 Å².